The summed E-state index contributed by atoms with van der Waals surface area (Å²) in [5.74, 6) is 0.794. The van der Waals surface area contributed by atoms with Crippen molar-refractivity contribution in [1.82, 2.24) is 20.0 Å². The first kappa shape index (κ1) is 9.23. The molecule has 72 valence electrons. The van der Waals surface area contributed by atoms with Crippen LogP contribution in [-0.4, -0.2) is 20.0 Å². The highest BCUT2D eigenvalue weighted by Gasteiger charge is 2.07. The topological polar surface area (TPSA) is 69.6 Å². The van der Waals surface area contributed by atoms with Gasteiger partial charge in [-0.3, -0.25) is 0 Å². The third-order valence-electron chi connectivity index (χ3n) is 1.59. The van der Waals surface area contributed by atoms with E-state index in [1.54, 1.807) is 12.1 Å². The van der Waals surface area contributed by atoms with Crippen LogP contribution in [0.5, 0.6) is 0 Å². The van der Waals surface area contributed by atoms with Gasteiger partial charge < -0.3 is 5.73 Å². The number of hydrogen-bond donors (Lipinski definition) is 1. The van der Waals surface area contributed by atoms with E-state index in [1.807, 2.05) is 0 Å². The van der Waals surface area contributed by atoms with Gasteiger partial charge in [-0.25, -0.2) is 0 Å². The van der Waals surface area contributed by atoms with Crippen molar-refractivity contribution >= 4 is 29.0 Å². The molecule has 0 radical (unpaired) electrons. The molecule has 0 amide bonds. The molecule has 5 nitrogen and oxygen atoms in total. The standard InChI is InChI=1S/C7H5Cl2N5/c8-4-3-11-14(7(4)10)6-2-1-5(9)12-13-6/h1-3H,10H2. The van der Waals surface area contributed by atoms with Gasteiger partial charge in [-0.1, -0.05) is 23.2 Å². The van der Waals surface area contributed by atoms with E-state index in [2.05, 4.69) is 15.3 Å². The van der Waals surface area contributed by atoms with Crippen molar-refractivity contribution < 1.29 is 0 Å². The quantitative estimate of drug-likeness (QED) is 0.806. The average molecular weight is 230 g/mol. The fourth-order valence-electron chi connectivity index (χ4n) is 0.942. The Labute approximate surface area is 89.4 Å². The molecule has 0 saturated carbocycles. The summed E-state index contributed by atoms with van der Waals surface area (Å²) in [5.41, 5.74) is 5.64. The Morgan fingerprint density at radius 3 is 2.50 bits per heavy atom. The highest BCUT2D eigenvalue weighted by molar-refractivity contribution is 6.32. The van der Waals surface area contributed by atoms with E-state index >= 15 is 0 Å². The Kier molecular flexibility index (Phi) is 2.26. The number of halogens is 2. The van der Waals surface area contributed by atoms with Gasteiger partial charge in [-0.2, -0.15) is 9.78 Å². The summed E-state index contributed by atoms with van der Waals surface area (Å²) in [6, 6.07) is 3.24. The number of hydrogen-bond acceptors (Lipinski definition) is 4. The molecular weight excluding hydrogens is 225 g/mol. The molecule has 2 N–H and O–H groups in total. The Morgan fingerprint density at radius 2 is 2.00 bits per heavy atom. The Morgan fingerprint density at radius 1 is 1.21 bits per heavy atom. The van der Waals surface area contributed by atoms with E-state index in [0.29, 0.717) is 21.8 Å². The predicted octanol–water partition coefficient (Wildman–Crippen LogP) is 1.55. The van der Waals surface area contributed by atoms with Gasteiger partial charge in [0.2, 0.25) is 0 Å². The largest absolute Gasteiger partial charge is 0.382 e. The zero-order valence-corrected chi connectivity index (χ0v) is 8.37. The van der Waals surface area contributed by atoms with Gasteiger partial charge in [0.1, 0.15) is 10.8 Å². The van der Waals surface area contributed by atoms with Crippen LogP contribution in [-0.2, 0) is 0 Å². The van der Waals surface area contributed by atoms with Gasteiger partial charge in [0.15, 0.2) is 11.0 Å². The second-order valence-corrected chi connectivity index (χ2v) is 3.30. The first-order valence-electron chi connectivity index (χ1n) is 3.67. The van der Waals surface area contributed by atoms with Gasteiger partial charge in [0.05, 0.1) is 6.20 Å². The molecule has 2 heterocycles. The van der Waals surface area contributed by atoms with E-state index < -0.39 is 0 Å². The maximum Gasteiger partial charge on any atom is 0.178 e. The van der Waals surface area contributed by atoms with Crippen LogP contribution in [0, 0.1) is 0 Å². The lowest BCUT2D eigenvalue weighted by Gasteiger charge is -2.00. The zero-order valence-electron chi connectivity index (χ0n) is 6.85. The van der Waals surface area contributed by atoms with E-state index in [4.69, 9.17) is 28.9 Å². The molecular formula is C7H5Cl2N5. The van der Waals surface area contributed by atoms with Crippen molar-refractivity contribution in [3.63, 3.8) is 0 Å². The number of anilines is 1. The normalized spacial score (nSPS) is 10.4. The van der Waals surface area contributed by atoms with Gasteiger partial charge in [-0.15, -0.1) is 10.2 Å². The number of nitrogen functional groups attached to an aromatic ring is 1. The maximum absolute atomic E-state index is 5.73. The minimum absolute atomic E-state index is 0.311. The lowest BCUT2D eigenvalue weighted by molar-refractivity contribution is 0.823. The van der Waals surface area contributed by atoms with Crippen molar-refractivity contribution in [2.75, 3.05) is 5.73 Å². The smallest absolute Gasteiger partial charge is 0.178 e. The van der Waals surface area contributed by atoms with Gasteiger partial charge in [-0.05, 0) is 12.1 Å². The Bertz CT molecular complexity index is 450. The van der Waals surface area contributed by atoms with Crippen molar-refractivity contribution in [1.29, 1.82) is 0 Å². The molecule has 0 aliphatic carbocycles. The lowest BCUT2D eigenvalue weighted by Crippen LogP contribution is -2.04. The van der Waals surface area contributed by atoms with E-state index in [1.165, 1.54) is 10.9 Å². The second-order valence-electron chi connectivity index (χ2n) is 2.50. The summed E-state index contributed by atoms with van der Waals surface area (Å²) in [7, 11) is 0. The molecule has 14 heavy (non-hydrogen) atoms. The molecule has 2 rings (SSSR count). The van der Waals surface area contributed by atoms with Crippen LogP contribution in [0.4, 0.5) is 5.82 Å². The molecule has 0 atom stereocenters. The SMILES string of the molecule is Nc1c(Cl)cnn1-c1ccc(Cl)nn1. The van der Waals surface area contributed by atoms with Crippen LogP contribution in [0.1, 0.15) is 0 Å². The molecule has 7 heteroatoms. The fourth-order valence-corrected chi connectivity index (χ4v) is 1.17. The average Bonchev–Trinajstić information content (AvgIpc) is 2.50. The van der Waals surface area contributed by atoms with Crippen LogP contribution >= 0.6 is 23.2 Å². The molecule has 0 saturated heterocycles. The van der Waals surface area contributed by atoms with Crippen LogP contribution in [0.2, 0.25) is 10.2 Å². The molecule has 0 unspecified atom stereocenters. The van der Waals surface area contributed by atoms with E-state index in [-0.39, 0.29) is 0 Å². The zero-order chi connectivity index (χ0) is 10.1. The molecule has 0 aliphatic heterocycles. The van der Waals surface area contributed by atoms with Gasteiger partial charge in [0, 0.05) is 0 Å². The molecule has 0 aromatic carbocycles. The van der Waals surface area contributed by atoms with E-state index in [9.17, 15) is 0 Å². The van der Waals surface area contributed by atoms with E-state index in [0.717, 1.165) is 0 Å². The summed E-state index contributed by atoms with van der Waals surface area (Å²) in [5, 5.41) is 12.1. The summed E-state index contributed by atoms with van der Waals surface area (Å²) in [4.78, 5) is 0. The van der Waals surface area contributed by atoms with Crippen molar-refractivity contribution in [2.45, 2.75) is 0 Å². The first-order chi connectivity index (χ1) is 6.68. The number of nitrogens with zero attached hydrogens (tertiary/aromatic N) is 4. The molecule has 0 spiro atoms. The van der Waals surface area contributed by atoms with Crippen molar-refractivity contribution in [2.24, 2.45) is 0 Å². The minimum Gasteiger partial charge on any atom is -0.382 e. The van der Waals surface area contributed by atoms with Crippen LogP contribution < -0.4 is 5.73 Å². The predicted molar refractivity (Wildman–Crippen MR) is 53.6 cm³/mol. The van der Waals surface area contributed by atoms with Crippen LogP contribution in [0.15, 0.2) is 18.3 Å². The number of aromatic nitrogens is 4. The highest BCUT2D eigenvalue weighted by atomic mass is 35.5. The monoisotopic (exact) mass is 229 g/mol. The third kappa shape index (κ3) is 1.51. The third-order valence-corrected chi connectivity index (χ3v) is 2.09. The van der Waals surface area contributed by atoms with Gasteiger partial charge in [0.25, 0.3) is 0 Å². The van der Waals surface area contributed by atoms with Crippen molar-refractivity contribution in [3.05, 3.63) is 28.5 Å². The summed E-state index contributed by atoms with van der Waals surface area (Å²) < 4.78 is 1.38. The van der Waals surface area contributed by atoms with Gasteiger partial charge >= 0.3 is 0 Å². The molecule has 0 aliphatic rings. The molecule has 2 aromatic rings. The van der Waals surface area contributed by atoms with Crippen LogP contribution in [0.25, 0.3) is 5.82 Å². The second kappa shape index (κ2) is 3.43. The summed E-state index contributed by atoms with van der Waals surface area (Å²) in [6.45, 7) is 0. The minimum atomic E-state index is 0.311. The number of rotatable bonds is 1. The lowest BCUT2D eigenvalue weighted by atomic mass is 10.5. The maximum atomic E-state index is 5.73. The summed E-state index contributed by atoms with van der Waals surface area (Å²) >= 11 is 11.3. The molecule has 0 fully saturated rings. The van der Waals surface area contributed by atoms with Crippen molar-refractivity contribution in [3.8, 4) is 5.82 Å². The highest BCUT2D eigenvalue weighted by Crippen LogP contribution is 2.19. The Balaban J connectivity index is 2.49. The first-order valence-corrected chi connectivity index (χ1v) is 4.42. The fraction of sp³-hybridized carbons (Fsp3) is 0. The number of nitrogens with two attached hydrogens (primary N) is 1. The molecule has 0 bridgehead atoms. The summed E-state index contributed by atoms with van der Waals surface area (Å²) in [6.07, 6.45) is 1.44. The molecule has 2 aromatic heterocycles. The Hall–Kier alpha value is -1.33. The van der Waals surface area contributed by atoms with Crippen LogP contribution in [0.3, 0.4) is 0 Å².